The third-order valence-electron chi connectivity index (χ3n) is 5.06. The largest absolute Gasteiger partial charge is 0.484 e. The van der Waals surface area contributed by atoms with Crippen molar-refractivity contribution < 1.29 is 22.7 Å². The predicted octanol–water partition coefficient (Wildman–Crippen LogP) is 3.55. The Morgan fingerprint density at radius 1 is 0.914 bits per heavy atom. The second kappa shape index (κ2) is 11.6. The summed E-state index contributed by atoms with van der Waals surface area (Å²) in [4.78, 5) is 24.3. The molecular weight excluding hydrogens is 466 g/mol. The molecule has 4 N–H and O–H groups in total. The molecule has 0 aliphatic carbocycles. The van der Waals surface area contributed by atoms with Crippen LogP contribution in [-0.2, 0) is 19.6 Å². The smallest absolute Gasteiger partial charge is 0.264 e. The first-order valence-corrected chi connectivity index (χ1v) is 12.6. The molecule has 1 atom stereocenters. The Bertz CT molecular complexity index is 1260. The molecule has 2 amide bonds. The molecular formula is C26H29N3O5S. The zero-order valence-electron chi connectivity index (χ0n) is 19.6. The van der Waals surface area contributed by atoms with Crippen LogP contribution in [0.25, 0.3) is 11.1 Å². The van der Waals surface area contributed by atoms with Crippen molar-refractivity contribution >= 4 is 27.5 Å². The van der Waals surface area contributed by atoms with Crippen LogP contribution in [0.2, 0.25) is 0 Å². The Balaban J connectivity index is 1.57. The fourth-order valence-corrected chi connectivity index (χ4v) is 4.42. The highest BCUT2D eigenvalue weighted by molar-refractivity contribution is 7.90. The van der Waals surface area contributed by atoms with E-state index < -0.39 is 27.9 Å². The zero-order chi connectivity index (χ0) is 25.4. The maximum Gasteiger partial charge on any atom is 0.264 e. The monoisotopic (exact) mass is 495 g/mol. The van der Waals surface area contributed by atoms with Gasteiger partial charge in [-0.25, -0.2) is 13.1 Å². The summed E-state index contributed by atoms with van der Waals surface area (Å²) in [7, 11) is -4.14. The quantitative estimate of drug-likeness (QED) is 0.395. The van der Waals surface area contributed by atoms with Gasteiger partial charge < -0.3 is 15.8 Å². The van der Waals surface area contributed by atoms with Crippen LogP contribution in [0.1, 0.15) is 20.3 Å². The minimum atomic E-state index is -4.14. The van der Waals surface area contributed by atoms with Crippen LogP contribution in [0.15, 0.2) is 83.8 Å². The maximum absolute atomic E-state index is 12.6. The highest BCUT2D eigenvalue weighted by Gasteiger charge is 2.23. The zero-order valence-corrected chi connectivity index (χ0v) is 20.4. The predicted molar refractivity (Wildman–Crippen MR) is 135 cm³/mol. The number of nitrogens with two attached hydrogens (primary N) is 1. The fourth-order valence-electron chi connectivity index (χ4n) is 3.34. The molecule has 0 aliphatic rings. The van der Waals surface area contributed by atoms with Crippen LogP contribution >= 0.6 is 0 Å². The van der Waals surface area contributed by atoms with Crippen LogP contribution in [0.5, 0.6) is 5.75 Å². The molecule has 3 aromatic carbocycles. The fraction of sp³-hybridized carbons (Fsp3) is 0.231. The van der Waals surface area contributed by atoms with Crippen LogP contribution < -0.4 is 20.5 Å². The third-order valence-corrected chi connectivity index (χ3v) is 6.40. The van der Waals surface area contributed by atoms with Gasteiger partial charge in [-0.1, -0.05) is 62.4 Å². The number of carbonyl (C=O) groups is 2. The molecule has 0 radical (unpaired) electrons. The number of amides is 2. The second-order valence-electron chi connectivity index (χ2n) is 8.46. The molecule has 0 spiro atoms. The van der Waals surface area contributed by atoms with Gasteiger partial charge in [0.15, 0.2) is 6.61 Å². The number of carbonyl (C=O) groups excluding carboxylic acids is 2. The Kier molecular flexibility index (Phi) is 8.62. The normalized spacial score (nSPS) is 12.1. The van der Waals surface area contributed by atoms with E-state index in [0.29, 0.717) is 12.2 Å². The van der Waals surface area contributed by atoms with E-state index in [1.54, 1.807) is 12.1 Å². The van der Waals surface area contributed by atoms with Gasteiger partial charge in [0, 0.05) is 5.69 Å². The lowest BCUT2D eigenvalue weighted by Gasteiger charge is -2.15. The van der Waals surface area contributed by atoms with Crippen molar-refractivity contribution in [3.63, 3.8) is 0 Å². The van der Waals surface area contributed by atoms with Gasteiger partial charge in [0.25, 0.3) is 21.8 Å². The lowest BCUT2D eigenvalue weighted by Crippen LogP contribution is -2.43. The lowest BCUT2D eigenvalue weighted by atomic mass is 10.0. The van der Waals surface area contributed by atoms with Crippen LogP contribution in [-0.4, -0.2) is 32.9 Å². The van der Waals surface area contributed by atoms with E-state index in [-0.39, 0.29) is 23.1 Å². The van der Waals surface area contributed by atoms with Crippen molar-refractivity contribution in [2.24, 2.45) is 11.7 Å². The Labute approximate surface area is 205 Å². The number of anilines is 1. The summed E-state index contributed by atoms with van der Waals surface area (Å²) in [5, 5.41) is 2.60. The number of nitrogens with one attached hydrogen (secondary N) is 2. The standard InChI is InChI=1S/C26H29N3O5S/c1-18(2)15-24(27)26(31)29-35(32,33)23-10-6-9-21(16-23)28-25(30)17-34-22-13-11-20(12-14-22)19-7-4-3-5-8-19/h3-14,16,18,24H,15,17,27H2,1-2H3,(H,28,30)(H,29,31)/t24-/m0/s1. The summed E-state index contributed by atoms with van der Waals surface area (Å²) in [6.07, 6.45) is 0.354. The van der Waals surface area contributed by atoms with Gasteiger partial charge in [-0.2, -0.15) is 0 Å². The highest BCUT2D eigenvalue weighted by Crippen LogP contribution is 2.22. The number of ether oxygens (including phenoxy) is 1. The number of hydrogen-bond acceptors (Lipinski definition) is 6. The van der Waals surface area contributed by atoms with E-state index in [4.69, 9.17) is 10.5 Å². The molecule has 9 heteroatoms. The minimum absolute atomic E-state index is 0.140. The van der Waals surface area contributed by atoms with E-state index in [0.717, 1.165) is 11.1 Å². The second-order valence-corrected chi connectivity index (χ2v) is 10.1. The van der Waals surface area contributed by atoms with Gasteiger partial charge in [-0.3, -0.25) is 9.59 Å². The summed E-state index contributed by atoms with van der Waals surface area (Å²) in [5.41, 5.74) is 8.12. The van der Waals surface area contributed by atoms with Crippen molar-refractivity contribution in [2.75, 3.05) is 11.9 Å². The summed E-state index contributed by atoms with van der Waals surface area (Å²) in [6.45, 7) is 3.51. The van der Waals surface area contributed by atoms with Gasteiger partial charge in [-0.05, 0) is 53.8 Å². The molecule has 3 rings (SSSR count). The molecule has 0 aliphatic heterocycles. The van der Waals surface area contributed by atoms with Gasteiger partial charge >= 0.3 is 0 Å². The molecule has 8 nitrogen and oxygen atoms in total. The molecule has 0 aromatic heterocycles. The van der Waals surface area contributed by atoms with Crippen molar-refractivity contribution in [1.29, 1.82) is 0 Å². The molecule has 0 unspecified atom stereocenters. The van der Waals surface area contributed by atoms with Crippen LogP contribution in [0.4, 0.5) is 5.69 Å². The van der Waals surface area contributed by atoms with E-state index in [1.165, 1.54) is 24.3 Å². The molecule has 0 fully saturated rings. The van der Waals surface area contributed by atoms with E-state index in [2.05, 4.69) is 5.32 Å². The average molecular weight is 496 g/mol. The van der Waals surface area contributed by atoms with Crippen molar-refractivity contribution in [1.82, 2.24) is 4.72 Å². The first-order chi connectivity index (χ1) is 16.6. The summed E-state index contributed by atoms with van der Waals surface area (Å²) in [6, 6.07) is 21.9. The molecule has 0 saturated carbocycles. The molecule has 0 heterocycles. The van der Waals surface area contributed by atoms with Crippen LogP contribution in [0, 0.1) is 5.92 Å². The maximum atomic E-state index is 12.6. The topological polar surface area (TPSA) is 128 Å². The SMILES string of the molecule is CC(C)C[C@H](N)C(=O)NS(=O)(=O)c1cccc(NC(=O)COc2ccc(-c3ccccc3)cc2)c1. The first-order valence-electron chi connectivity index (χ1n) is 11.1. The molecule has 3 aromatic rings. The number of benzene rings is 3. The van der Waals surface area contributed by atoms with E-state index >= 15 is 0 Å². The van der Waals surface area contributed by atoms with Gasteiger partial charge in [0.1, 0.15) is 5.75 Å². The van der Waals surface area contributed by atoms with Gasteiger partial charge in [0.05, 0.1) is 10.9 Å². The molecule has 0 bridgehead atoms. The summed E-state index contributed by atoms with van der Waals surface area (Å²) < 4.78 is 32.7. The van der Waals surface area contributed by atoms with Crippen LogP contribution in [0.3, 0.4) is 0 Å². The molecule has 184 valence electrons. The third kappa shape index (κ3) is 7.66. The van der Waals surface area contributed by atoms with E-state index in [9.17, 15) is 18.0 Å². The first kappa shape index (κ1) is 25.9. The number of hydrogen-bond donors (Lipinski definition) is 3. The number of rotatable bonds is 10. The van der Waals surface area contributed by atoms with Crippen molar-refractivity contribution in [3.8, 4) is 16.9 Å². The summed E-state index contributed by atoms with van der Waals surface area (Å²) in [5.74, 6) is -0.577. The van der Waals surface area contributed by atoms with Gasteiger partial charge in [-0.15, -0.1) is 0 Å². The Hall–Kier alpha value is -3.69. The highest BCUT2D eigenvalue weighted by atomic mass is 32.2. The van der Waals surface area contributed by atoms with E-state index in [1.807, 2.05) is 61.0 Å². The van der Waals surface area contributed by atoms with Crippen molar-refractivity contribution in [3.05, 3.63) is 78.9 Å². The molecule has 35 heavy (non-hydrogen) atoms. The number of sulfonamides is 1. The Morgan fingerprint density at radius 2 is 1.57 bits per heavy atom. The summed E-state index contributed by atoms with van der Waals surface area (Å²) >= 11 is 0. The Morgan fingerprint density at radius 3 is 2.23 bits per heavy atom. The average Bonchev–Trinajstić information content (AvgIpc) is 2.83. The minimum Gasteiger partial charge on any atom is -0.484 e. The van der Waals surface area contributed by atoms with Crippen molar-refractivity contribution in [2.45, 2.75) is 31.2 Å². The lowest BCUT2D eigenvalue weighted by molar-refractivity contribution is -0.121. The van der Waals surface area contributed by atoms with Gasteiger partial charge in [0.2, 0.25) is 0 Å². The molecule has 0 saturated heterocycles.